The van der Waals surface area contributed by atoms with E-state index >= 15 is 0 Å². The Morgan fingerprint density at radius 2 is 1.58 bits per heavy atom. The van der Waals surface area contributed by atoms with Gasteiger partial charge in [0.2, 0.25) is 0 Å². The van der Waals surface area contributed by atoms with Crippen molar-refractivity contribution in [3.63, 3.8) is 0 Å². The number of hydrogen-bond acceptors (Lipinski definition) is 3. The summed E-state index contributed by atoms with van der Waals surface area (Å²) in [4.78, 5) is 4.68. The van der Waals surface area contributed by atoms with E-state index in [2.05, 4.69) is 77.8 Å². The normalized spacial score (nSPS) is 11.2. The van der Waals surface area contributed by atoms with Crippen LogP contribution in [0.25, 0.3) is 53.3 Å². The van der Waals surface area contributed by atoms with Gasteiger partial charge in [-0.2, -0.15) is 5.26 Å². The molecule has 144 valence electrons. The molecule has 0 aliphatic rings. The molecule has 2 nitrogen and oxygen atoms in total. The van der Waals surface area contributed by atoms with E-state index < -0.39 is 0 Å². The molecule has 0 saturated heterocycles. The van der Waals surface area contributed by atoms with Gasteiger partial charge in [-0.05, 0) is 40.8 Å². The predicted molar refractivity (Wildman–Crippen MR) is 130 cm³/mol. The average molecular weight is 413 g/mol. The number of aromatic nitrogens is 1. The molecule has 6 aromatic rings. The Hall–Kier alpha value is -4.00. The summed E-state index contributed by atoms with van der Waals surface area (Å²) in [6.45, 7) is 0. The third-order valence-electron chi connectivity index (χ3n) is 5.75. The number of nitrogens with zero attached hydrogens (tertiary/aromatic N) is 2. The summed E-state index contributed by atoms with van der Waals surface area (Å²) in [5.74, 6) is 0. The van der Waals surface area contributed by atoms with Gasteiger partial charge in [0.25, 0.3) is 0 Å². The Labute approximate surface area is 183 Å². The first kappa shape index (κ1) is 17.8. The maximum Gasteiger partial charge on any atom is 0.0991 e. The van der Waals surface area contributed by atoms with E-state index in [0.29, 0.717) is 5.56 Å². The summed E-state index contributed by atoms with van der Waals surface area (Å²) in [6.07, 6.45) is 1.82. The van der Waals surface area contributed by atoms with Gasteiger partial charge < -0.3 is 0 Å². The topological polar surface area (TPSA) is 36.7 Å². The van der Waals surface area contributed by atoms with Crippen molar-refractivity contribution < 1.29 is 0 Å². The molecule has 0 saturated carbocycles. The maximum atomic E-state index is 9.21. The van der Waals surface area contributed by atoms with Crippen molar-refractivity contribution in [2.75, 3.05) is 0 Å². The van der Waals surface area contributed by atoms with Crippen molar-refractivity contribution >= 4 is 42.3 Å². The molecule has 0 spiro atoms. The molecule has 0 N–H and O–H groups in total. The van der Waals surface area contributed by atoms with E-state index in [0.717, 1.165) is 22.0 Å². The maximum absolute atomic E-state index is 9.21. The first-order valence-corrected chi connectivity index (χ1v) is 10.9. The summed E-state index contributed by atoms with van der Waals surface area (Å²) in [6, 6.07) is 33.7. The molecular weight excluding hydrogens is 396 g/mol. The molecule has 0 fully saturated rings. The Morgan fingerprint density at radius 1 is 0.710 bits per heavy atom. The molecule has 0 amide bonds. The third-order valence-corrected chi connectivity index (χ3v) is 6.95. The van der Waals surface area contributed by atoms with Crippen molar-refractivity contribution in [3.8, 4) is 28.5 Å². The number of thiophene rings is 1. The number of pyridine rings is 1. The van der Waals surface area contributed by atoms with Gasteiger partial charge in [0.05, 0.1) is 17.3 Å². The molecule has 6 rings (SSSR count). The summed E-state index contributed by atoms with van der Waals surface area (Å²) in [5.41, 5.74) is 5.22. The Morgan fingerprint density at radius 3 is 2.45 bits per heavy atom. The van der Waals surface area contributed by atoms with E-state index in [1.165, 1.54) is 31.3 Å². The monoisotopic (exact) mass is 412 g/mol. The van der Waals surface area contributed by atoms with Gasteiger partial charge >= 0.3 is 0 Å². The molecule has 31 heavy (non-hydrogen) atoms. The number of benzene rings is 4. The summed E-state index contributed by atoms with van der Waals surface area (Å²) >= 11 is 1.83. The van der Waals surface area contributed by atoms with Crippen molar-refractivity contribution in [1.82, 2.24) is 4.98 Å². The van der Waals surface area contributed by atoms with Crippen molar-refractivity contribution in [2.45, 2.75) is 0 Å². The van der Waals surface area contributed by atoms with Gasteiger partial charge in [0.15, 0.2) is 0 Å². The lowest BCUT2D eigenvalue weighted by atomic mass is 10.00. The smallest absolute Gasteiger partial charge is 0.0991 e. The standard InChI is InChI=1S/C28H16N2S/c29-17-18-9-11-22-20(15-18)13-14-30-27(22)21-10-12-24-25-8-4-7-23(19-5-2-1-3-6-19)28(25)31-26(24)16-21/h1-16H. The Bertz CT molecular complexity index is 1640. The second-order valence-electron chi connectivity index (χ2n) is 7.57. The molecule has 0 radical (unpaired) electrons. The van der Waals surface area contributed by atoms with Gasteiger partial charge in [-0.1, -0.05) is 66.7 Å². The van der Waals surface area contributed by atoms with Crippen molar-refractivity contribution in [2.24, 2.45) is 0 Å². The van der Waals surface area contributed by atoms with Crippen LogP contribution in [0.15, 0.2) is 97.2 Å². The van der Waals surface area contributed by atoms with Gasteiger partial charge in [0.1, 0.15) is 0 Å². The van der Waals surface area contributed by atoms with Gasteiger partial charge in [0, 0.05) is 37.3 Å². The highest BCUT2D eigenvalue weighted by atomic mass is 32.1. The Kier molecular flexibility index (Phi) is 4.06. The van der Waals surface area contributed by atoms with E-state index in [4.69, 9.17) is 0 Å². The van der Waals surface area contributed by atoms with Crippen LogP contribution in [0, 0.1) is 11.3 Å². The van der Waals surface area contributed by atoms with Gasteiger partial charge in [-0.3, -0.25) is 4.98 Å². The highest BCUT2D eigenvalue weighted by Crippen LogP contribution is 2.41. The molecule has 3 heteroatoms. The fraction of sp³-hybridized carbons (Fsp3) is 0. The zero-order chi connectivity index (χ0) is 20.8. The van der Waals surface area contributed by atoms with E-state index in [9.17, 15) is 5.26 Å². The van der Waals surface area contributed by atoms with Crippen LogP contribution < -0.4 is 0 Å². The molecule has 0 unspecified atom stereocenters. The van der Waals surface area contributed by atoms with E-state index in [1.807, 2.05) is 41.8 Å². The van der Waals surface area contributed by atoms with Crippen molar-refractivity contribution in [1.29, 1.82) is 5.26 Å². The lowest BCUT2D eigenvalue weighted by molar-refractivity contribution is 1.36. The fourth-order valence-electron chi connectivity index (χ4n) is 4.27. The zero-order valence-corrected chi connectivity index (χ0v) is 17.4. The molecule has 0 bridgehead atoms. The summed E-state index contributed by atoms with van der Waals surface area (Å²) < 4.78 is 2.56. The fourth-order valence-corrected chi connectivity index (χ4v) is 5.55. The number of fused-ring (bicyclic) bond motifs is 4. The van der Waals surface area contributed by atoms with Gasteiger partial charge in [-0.25, -0.2) is 0 Å². The quantitative estimate of drug-likeness (QED) is 0.291. The highest BCUT2D eigenvalue weighted by Gasteiger charge is 2.12. The number of rotatable bonds is 2. The van der Waals surface area contributed by atoms with E-state index in [-0.39, 0.29) is 0 Å². The molecule has 0 aliphatic carbocycles. The summed E-state index contributed by atoms with van der Waals surface area (Å²) in [5, 5.41) is 13.9. The van der Waals surface area contributed by atoms with Crippen LogP contribution in [-0.4, -0.2) is 4.98 Å². The molecule has 2 aromatic heterocycles. The third kappa shape index (κ3) is 2.89. The largest absolute Gasteiger partial charge is 0.256 e. The number of hydrogen-bond donors (Lipinski definition) is 0. The zero-order valence-electron chi connectivity index (χ0n) is 16.5. The van der Waals surface area contributed by atoms with Crippen LogP contribution in [0.1, 0.15) is 5.56 Å². The molecule has 2 heterocycles. The van der Waals surface area contributed by atoms with Gasteiger partial charge in [-0.15, -0.1) is 11.3 Å². The summed E-state index contributed by atoms with van der Waals surface area (Å²) in [7, 11) is 0. The SMILES string of the molecule is N#Cc1ccc2c(-c3ccc4c(c3)sc3c(-c5ccccc5)cccc34)nccc2c1. The number of nitriles is 1. The van der Waals surface area contributed by atoms with E-state index in [1.54, 1.807) is 0 Å². The lowest BCUT2D eigenvalue weighted by Gasteiger charge is -2.06. The lowest BCUT2D eigenvalue weighted by Crippen LogP contribution is -1.86. The molecule has 4 aromatic carbocycles. The highest BCUT2D eigenvalue weighted by molar-refractivity contribution is 7.26. The molecular formula is C28H16N2S. The molecule has 0 atom stereocenters. The van der Waals surface area contributed by atoms with Crippen LogP contribution in [0.2, 0.25) is 0 Å². The van der Waals surface area contributed by atoms with Crippen LogP contribution in [0.5, 0.6) is 0 Å². The van der Waals surface area contributed by atoms with Crippen LogP contribution in [0.4, 0.5) is 0 Å². The van der Waals surface area contributed by atoms with Crippen molar-refractivity contribution in [3.05, 3.63) is 103 Å². The average Bonchev–Trinajstić information content (AvgIpc) is 3.21. The Balaban J connectivity index is 1.57. The minimum Gasteiger partial charge on any atom is -0.256 e. The molecule has 0 aliphatic heterocycles. The van der Waals surface area contributed by atoms with Crippen LogP contribution in [0.3, 0.4) is 0 Å². The minimum absolute atomic E-state index is 0.665. The predicted octanol–water partition coefficient (Wildman–Crippen LogP) is 7.81. The first-order chi connectivity index (χ1) is 15.3. The van der Waals surface area contributed by atoms with Crippen LogP contribution in [-0.2, 0) is 0 Å². The second-order valence-corrected chi connectivity index (χ2v) is 8.62. The first-order valence-electron chi connectivity index (χ1n) is 10.1. The second kappa shape index (κ2) is 7.05. The minimum atomic E-state index is 0.665. The van der Waals surface area contributed by atoms with Crippen LogP contribution >= 0.6 is 11.3 Å².